The molecule has 1 unspecified atom stereocenters. The summed E-state index contributed by atoms with van der Waals surface area (Å²) in [6, 6.07) is 13.2. The number of para-hydroxylation sites is 1. The van der Waals surface area contributed by atoms with Crippen LogP contribution in [0.4, 0.5) is 5.69 Å². The van der Waals surface area contributed by atoms with Gasteiger partial charge in [-0.05, 0) is 43.7 Å². The molecule has 1 aromatic heterocycles. The van der Waals surface area contributed by atoms with Crippen molar-refractivity contribution in [3.05, 3.63) is 60.4 Å². The van der Waals surface area contributed by atoms with Crippen LogP contribution in [0.3, 0.4) is 0 Å². The molecule has 104 valence electrons. The van der Waals surface area contributed by atoms with Crippen molar-refractivity contribution in [2.75, 3.05) is 11.9 Å². The van der Waals surface area contributed by atoms with Crippen molar-refractivity contribution in [2.45, 2.75) is 19.4 Å². The number of carbonyl (C=O) groups excluding carboxylic acids is 1. The summed E-state index contributed by atoms with van der Waals surface area (Å²) in [7, 11) is 0. The molecule has 0 bridgehead atoms. The van der Waals surface area contributed by atoms with Crippen molar-refractivity contribution in [1.29, 1.82) is 0 Å². The van der Waals surface area contributed by atoms with E-state index in [9.17, 15) is 4.79 Å². The first kappa shape index (κ1) is 14.1. The van der Waals surface area contributed by atoms with E-state index in [0.29, 0.717) is 6.61 Å². The van der Waals surface area contributed by atoms with Crippen molar-refractivity contribution in [3.63, 3.8) is 0 Å². The van der Waals surface area contributed by atoms with Crippen LogP contribution in [0.2, 0.25) is 0 Å². The Bertz CT molecular complexity index is 557. The zero-order valence-electron chi connectivity index (χ0n) is 11.7. The summed E-state index contributed by atoms with van der Waals surface area (Å²) in [5, 5.41) is 3.25. The molecule has 0 aliphatic carbocycles. The molecule has 0 saturated carbocycles. The second-order valence-corrected chi connectivity index (χ2v) is 4.57. The predicted molar refractivity (Wildman–Crippen MR) is 78.3 cm³/mol. The number of pyridine rings is 1. The minimum absolute atomic E-state index is 0.310. The molecule has 4 heteroatoms. The van der Waals surface area contributed by atoms with E-state index in [0.717, 1.165) is 11.3 Å². The van der Waals surface area contributed by atoms with Crippen LogP contribution in [0.25, 0.3) is 0 Å². The van der Waals surface area contributed by atoms with Gasteiger partial charge in [-0.3, -0.25) is 4.98 Å². The number of anilines is 1. The molecular formula is C16H18N2O2. The molecule has 20 heavy (non-hydrogen) atoms. The number of ether oxygens (including phenoxy) is 1. The lowest BCUT2D eigenvalue weighted by molar-refractivity contribution is -0.148. The Kier molecular flexibility index (Phi) is 4.35. The smallest absolute Gasteiger partial charge is 0.336 e. The molecule has 0 fully saturated rings. The molecule has 0 amide bonds. The van der Waals surface area contributed by atoms with Crippen molar-refractivity contribution in [1.82, 2.24) is 4.98 Å². The number of hydrogen-bond acceptors (Lipinski definition) is 4. The van der Waals surface area contributed by atoms with Gasteiger partial charge < -0.3 is 10.1 Å². The lowest BCUT2D eigenvalue weighted by Gasteiger charge is -2.29. The normalized spacial score (nSPS) is 13.3. The number of hydrogen-bond donors (Lipinski definition) is 1. The van der Waals surface area contributed by atoms with Gasteiger partial charge >= 0.3 is 5.97 Å². The van der Waals surface area contributed by atoms with E-state index in [-0.39, 0.29) is 5.97 Å². The molecule has 2 rings (SSSR count). The lowest BCUT2D eigenvalue weighted by Crippen LogP contribution is -2.42. The minimum atomic E-state index is -0.944. The summed E-state index contributed by atoms with van der Waals surface area (Å²) in [6.45, 7) is 3.96. The summed E-state index contributed by atoms with van der Waals surface area (Å²) in [5.41, 5.74) is 0.731. The number of esters is 1. The molecule has 0 aliphatic rings. The van der Waals surface area contributed by atoms with Gasteiger partial charge in [0.05, 0.1) is 6.61 Å². The quantitative estimate of drug-likeness (QED) is 0.849. The summed E-state index contributed by atoms with van der Waals surface area (Å²) in [6.07, 6.45) is 3.33. The van der Waals surface area contributed by atoms with Gasteiger partial charge in [0.25, 0.3) is 0 Å². The van der Waals surface area contributed by atoms with Crippen molar-refractivity contribution >= 4 is 11.7 Å². The topological polar surface area (TPSA) is 51.2 Å². The summed E-state index contributed by atoms with van der Waals surface area (Å²) in [4.78, 5) is 16.4. The van der Waals surface area contributed by atoms with Crippen LogP contribution in [-0.4, -0.2) is 17.6 Å². The third-order valence-corrected chi connectivity index (χ3v) is 3.11. The standard InChI is InChI=1S/C16H18N2O2/c1-3-20-15(19)16(2,13-9-11-17-12-10-13)18-14-7-5-4-6-8-14/h4-12,18H,3H2,1-2H3. The first-order valence-electron chi connectivity index (χ1n) is 6.58. The van der Waals surface area contributed by atoms with Crippen LogP contribution in [-0.2, 0) is 15.1 Å². The zero-order chi connectivity index (χ0) is 14.4. The number of rotatable bonds is 5. The van der Waals surface area contributed by atoms with Gasteiger partial charge in [0.2, 0.25) is 0 Å². The van der Waals surface area contributed by atoms with Gasteiger partial charge in [0.1, 0.15) is 0 Å². The minimum Gasteiger partial charge on any atom is -0.464 e. The number of benzene rings is 1. The third-order valence-electron chi connectivity index (χ3n) is 3.11. The second-order valence-electron chi connectivity index (χ2n) is 4.57. The van der Waals surface area contributed by atoms with Crippen molar-refractivity contribution in [3.8, 4) is 0 Å². The summed E-state index contributed by atoms with van der Waals surface area (Å²) >= 11 is 0. The number of aromatic nitrogens is 1. The molecule has 0 radical (unpaired) electrons. The Morgan fingerprint density at radius 3 is 2.45 bits per heavy atom. The number of carbonyl (C=O) groups is 1. The summed E-state index contributed by atoms with van der Waals surface area (Å²) < 4.78 is 5.21. The Morgan fingerprint density at radius 1 is 1.20 bits per heavy atom. The van der Waals surface area contributed by atoms with E-state index >= 15 is 0 Å². The molecule has 1 atom stereocenters. The predicted octanol–water partition coefficient (Wildman–Crippen LogP) is 2.97. The highest BCUT2D eigenvalue weighted by Gasteiger charge is 2.36. The molecule has 1 heterocycles. The molecule has 1 aromatic carbocycles. The van der Waals surface area contributed by atoms with E-state index in [1.54, 1.807) is 19.3 Å². The van der Waals surface area contributed by atoms with Gasteiger partial charge in [-0.15, -0.1) is 0 Å². The van der Waals surface area contributed by atoms with Crippen LogP contribution < -0.4 is 5.32 Å². The van der Waals surface area contributed by atoms with Crippen LogP contribution >= 0.6 is 0 Å². The monoisotopic (exact) mass is 270 g/mol. The Hall–Kier alpha value is -2.36. The number of nitrogens with zero attached hydrogens (tertiary/aromatic N) is 1. The summed E-state index contributed by atoms with van der Waals surface area (Å²) in [5.74, 6) is -0.310. The Morgan fingerprint density at radius 2 is 1.85 bits per heavy atom. The average molecular weight is 270 g/mol. The number of nitrogens with one attached hydrogen (secondary N) is 1. The molecule has 0 spiro atoms. The second kappa shape index (κ2) is 6.19. The van der Waals surface area contributed by atoms with Crippen LogP contribution in [0.15, 0.2) is 54.9 Å². The highest BCUT2D eigenvalue weighted by atomic mass is 16.5. The maximum Gasteiger partial charge on any atom is 0.336 e. The molecular weight excluding hydrogens is 252 g/mol. The molecule has 1 N–H and O–H groups in total. The van der Waals surface area contributed by atoms with Gasteiger partial charge in [-0.1, -0.05) is 18.2 Å². The Labute approximate surface area is 118 Å². The fourth-order valence-corrected chi connectivity index (χ4v) is 2.01. The lowest BCUT2D eigenvalue weighted by atomic mass is 9.92. The third kappa shape index (κ3) is 2.96. The average Bonchev–Trinajstić information content (AvgIpc) is 2.49. The fourth-order valence-electron chi connectivity index (χ4n) is 2.01. The highest BCUT2D eigenvalue weighted by Crippen LogP contribution is 2.27. The molecule has 4 nitrogen and oxygen atoms in total. The maximum atomic E-state index is 12.4. The maximum absolute atomic E-state index is 12.4. The largest absolute Gasteiger partial charge is 0.464 e. The first-order valence-corrected chi connectivity index (χ1v) is 6.58. The molecule has 0 aliphatic heterocycles. The van der Waals surface area contributed by atoms with Crippen molar-refractivity contribution in [2.24, 2.45) is 0 Å². The van der Waals surface area contributed by atoms with Gasteiger partial charge in [-0.25, -0.2) is 4.79 Å². The van der Waals surface area contributed by atoms with Gasteiger partial charge in [0.15, 0.2) is 5.54 Å². The SMILES string of the molecule is CCOC(=O)C(C)(Nc1ccccc1)c1ccncc1. The van der Waals surface area contributed by atoms with Gasteiger partial charge in [-0.2, -0.15) is 0 Å². The highest BCUT2D eigenvalue weighted by molar-refractivity contribution is 5.85. The van der Waals surface area contributed by atoms with Gasteiger partial charge in [0, 0.05) is 18.1 Å². The van der Waals surface area contributed by atoms with E-state index in [4.69, 9.17) is 4.74 Å². The first-order chi connectivity index (χ1) is 9.66. The van der Waals surface area contributed by atoms with Crippen LogP contribution in [0.1, 0.15) is 19.4 Å². The van der Waals surface area contributed by atoms with E-state index in [2.05, 4.69) is 10.3 Å². The van der Waals surface area contributed by atoms with Crippen molar-refractivity contribution < 1.29 is 9.53 Å². The molecule has 2 aromatic rings. The fraction of sp³-hybridized carbons (Fsp3) is 0.250. The zero-order valence-corrected chi connectivity index (χ0v) is 11.7. The van der Waals surface area contributed by atoms with E-state index in [1.807, 2.05) is 49.4 Å². The van der Waals surface area contributed by atoms with Crippen LogP contribution in [0.5, 0.6) is 0 Å². The Balaban J connectivity index is 2.36. The van der Waals surface area contributed by atoms with E-state index < -0.39 is 5.54 Å². The van der Waals surface area contributed by atoms with Crippen LogP contribution in [0, 0.1) is 0 Å². The van der Waals surface area contributed by atoms with E-state index in [1.165, 1.54) is 0 Å². The molecule has 0 saturated heterocycles.